The summed E-state index contributed by atoms with van der Waals surface area (Å²) in [6.45, 7) is 12.9. The van der Waals surface area contributed by atoms with Crippen molar-refractivity contribution in [3.8, 4) is 0 Å². The second-order valence-corrected chi connectivity index (χ2v) is 5.51. The molecule has 0 saturated carbocycles. The van der Waals surface area contributed by atoms with Gasteiger partial charge in [0, 0.05) is 31.8 Å². The largest absolute Gasteiger partial charge is 0.378 e. The first kappa shape index (κ1) is 12.9. The lowest BCUT2D eigenvalue weighted by atomic mass is 10.0. The molecular formula is C12H26N2O. The van der Waals surface area contributed by atoms with Crippen LogP contribution in [0.4, 0.5) is 0 Å². The summed E-state index contributed by atoms with van der Waals surface area (Å²) in [6, 6.07) is 0. The molecule has 1 aliphatic heterocycles. The minimum absolute atomic E-state index is 0.228. The van der Waals surface area contributed by atoms with Gasteiger partial charge in [0.15, 0.2) is 0 Å². The molecule has 0 aliphatic carbocycles. The summed E-state index contributed by atoms with van der Waals surface area (Å²) in [5, 5.41) is 6.95. The summed E-state index contributed by atoms with van der Waals surface area (Å²) in [5.74, 6) is 0.708. The van der Waals surface area contributed by atoms with Gasteiger partial charge in [0.1, 0.15) is 0 Å². The van der Waals surface area contributed by atoms with Crippen molar-refractivity contribution in [2.24, 2.45) is 5.92 Å². The molecule has 90 valence electrons. The van der Waals surface area contributed by atoms with Crippen LogP contribution in [-0.2, 0) is 4.74 Å². The van der Waals surface area contributed by atoms with Crippen molar-refractivity contribution in [1.29, 1.82) is 0 Å². The van der Waals surface area contributed by atoms with Gasteiger partial charge in [-0.25, -0.2) is 0 Å². The molecule has 0 aromatic rings. The van der Waals surface area contributed by atoms with Gasteiger partial charge in [-0.3, -0.25) is 0 Å². The quantitative estimate of drug-likeness (QED) is 0.679. The van der Waals surface area contributed by atoms with Crippen molar-refractivity contribution in [2.45, 2.75) is 45.8 Å². The molecule has 1 heterocycles. The van der Waals surface area contributed by atoms with Crippen LogP contribution in [0.2, 0.25) is 0 Å². The predicted molar refractivity (Wildman–Crippen MR) is 64.1 cm³/mol. The summed E-state index contributed by atoms with van der Waals surface area (Å²) in [7, 11) is 0. The van der Waals surface area contributed by atoms with Crippen LogP contribution in [0.5, 0.6) is 0 Å². The minimum atomic E-state index is 0.228. The maximum Gasteiger partial charge on any atom is 0.0588 e. The fraction of sp³-hybridized carbons (Fsp3) is 1.00. The van der Waals surface area contributed by atoms with Gasteiger partial charge in [-0.15, -0.1) is 0 Å². The van der Waals surface area contributed by atoms with Crippen molar-refractivity contribution in [2.75, 3.05) is 26.2 Å². The lowest BCUT2D eigenvalue weighted by Gasteiger charge is -2.21. The highest BCUT2D eigenvalue weighted by Gasteiger charge is 2.23. The Hall–Kier alpha value is -0.120. The van der Waals surface area contributed by atoms with Gasteiger partial charge >= 0.3 is 0 Å². The molecule has 1 rings (SSSR count). The normalized spacial score (nSPS) is 27.2. The highest BCUT2D eigenvalue weighted by molar-refractivity contribution is 4.75. The third-order valence-electron chi connectivity index (χ3n) is 2.90. The SMILES string of the molecule is CC1OCCC1CNCCNC(C)(C)C. The minimum Gasteiger partial charge on any atom is -0.378 e. The lowest BCUT2D eigenvalue weighted by Crippen LogP contribution is -2.41. The Morgan fingerprint density at radius 3 is 2.53 bits per heavy atom. The molecule has 0 bridgehead atoms. The van der Waals surface area contributed by atoms with Crippen LogP contribution in [0.25, 0.3) is 0 Å². The summed E-state index contributed by atoms with van der Waals surface area (Å²) < 4.78 is 5.52. The van der Waals surface area contributed by atoms with E-state index in [2.05, 4.69) is 38.3 Å². The molecule has 3 heteroatoms. The Morgan fingerprint density at radius 2 is 2.00 bits per heavy atom. The van der Waals surface area contributed by atoms with E-state index in [0.717, 1.165) is 26.2 Å². The Morgan fingerprint density at radius 1 is 1.27 bits per heavy atom. The fourth-order valence-corrected chi connectivity index (χ4v) is 1.86. The first-order valence-electron chi connectivity index (χ1n) is 6.06. The molecule has 1 fully saturated rings. The molecule has 1 saturated heterocycles. The van der Waals surface area contributed by atoms with E-state index in [1.54, 1.807) is 0 Å². The number of nitrogens with one attached hydrogen (secondary N) is 2. The average molecular weight is 214 g/mol. The van der Waals surface area contributed by atoms with Gasteiger partial charge in [0.25, 0.3) is 0 Å². The Labute approximate surface area is 94.0 Å². The second-order valence-electron chi connectivity index (χ2n) is 5.51. The van der Waals surface area contributed by atoms with Crippen LogP contribution in [-0.4, -0.2) is 37.9 Å². The van der Waals surface area contributed by atoms with Gasteiger partial charge in [-0.1, -0.05) is 0 Å². The summed E-state index contributed by atoms with van der Waals surface area (Å²) >= 11 is 0. The van der Waals surface area contributed by atoms with E-state index in [9.17, 15) is 0 Å². The monoisotopic (exact) mass is 214 g/mol. The number of ether oxygens (including phenoxy) is 1. The van der Waals surface area contributed by atoms with E-state index in [-0.39, 0.29) is 5.54 Å². The highest BCUT2D eigenvalue weighted by atomic mass is 16.5. The highest BCUT2D eigenvalue weighted by Crippen LogP contribution is 2.18. The van der Waals surface area contributed by atoms with Crippen molar-refractivity contribution in [3.05, 3.63) is 0 Å². The van der Waals surface area contributed by atoms with Crippen molar-refractivity contribution >= 4 is 0 Å². The molecule has 0 spiro atoms. The zero-order valence-electron chi connectivity index (χ0n) is 10.6. The first-order valence-corrected chi connectivity index (χ1v) is 6.06. The molecule has 0 radical (unpaired) electrons. The second kappa shape index (κ2) is 5.83. The van der Waals surface area contributed by atoms with Gasteiger partial charge in [0.2, 0.25) is 0 Å². The number of hydrogen-bond acceptors (Lipinski definition) is 3. The average Bonchev–Trinajstić information content (AvgIpc) is 2.49. The Balaban J connectivity index is 1.97. The van der Waals surface area contributed by atoms with Crippen LogP contribution >= 0.6 is 0 Å². The van der Waals surface area contributed by atoms with Gasteiger partial charge in [-0.05, 0) is 40.0 Å². The zero-order valence-corrected chi connectivity index (χ0v) is 10.6. The van der Waals surface area contributed by atoms with Gasteiger partial charge in [-0.2, -0.15) is 0 Å². The van der Waals surface area contributed by atoms with Crippen LogP contribution < -0.4 is 10.6 Å². The van der Waals surface area contributed by atoms with E-state index in [1.807, 2.05) is 0 Å². The standard InChI is InChI=1S/C12H26N2O/c1-10-11(5-8-15-10)9-13-6-7-14-12(2,3)4/h10-11,13-14H,5-9H2,1-4H3. The first-order chi connectivity index (χ1) is 6.99. The van der Waals surface area contributed by atoms with E-state index in [0.29, 0.717) is 12.0 Å². The molecule has 1 aliphatic rings. The van der Waals surface area contributed by atoms with Crippen molar-refractivity contribution in [1.82, 2.24) is 10.6 Å². The molecule has 2 unspecified atom stereocenters. The molecule has 2 atom stereocenters. The van der Waals surface area contributed by atoms with E-state index in [1.165, 1.54) is 6.42 Å². The third kappa shape index (κ3) is 5.50. The maximum atomic E-state index is 5.52. The fourth-order valence-electron chi connectivity index (χ4n) is 1.86. The predicted octanol–water partition coefficient (Wildman–Crippen LogP) is 1.39. The molecule has 0 aromatic carbocycles. The third-order valence-corrected chi connectivity index (χ3v) is 2.90. The van der Waals surface area contributed by atoms with Crippen molar-refractivity contribution in [3.63, 3.8) is 0 Å². The Bertz CT molecular complexity index is 177. The van der Waals surface area contributed by atoms with Crippen LogP contribution in [0, 0.1) is 5.92 Å². The van der Waals surface area contributed by atoms with Gasteiger partial charge < -0.3 is 15.4 Å². The summed E-state index contributed by atoms with van der Waals surface area (Å²) in [4.78, 5) is 0. The van der Waals surface area contributed by atoms with Crippen LogP contribution in [0.15, 0.2) is 0 Å². The zero-order chi connectivity index (χ0) is 11.3. The van der Waals surface area contributed by atoms with E-state index < -0.39 is 0 Å². The molecule has 0 aromatic heterocycles. The molecule has 2 N–H and O–H groups in total. The van der Waals surface area contributed by atoms with E-state index in [4.69, 9.17) is 4.74 Å². The van der Waals surface area contributed by atoms with Gasteiger partial charge in [0.05, 0.1) is 6.10 Å². The summed E-state index contributed by atoms with van der Waals surface area (Å²) in [5.41, 5.74) is 0.228. The smallest absolute Gasteiger partial charge is 0.0588 e. The van der Waals surface area contributed by atoms with Crippen LogP contribution in [0.3, 0.4) is 0 Å². The molecule has 0 amide bonds. The molecular weight excluding hydrogens is 188 g/mol. The summed E-state index contributed by atoms with van der Waals surface area (Å²) in [6.07, 6.45) is 1.65. The van der Waals surface area contributed by atoms with E-state index >= 15 is 0 Å². The maximum absolute atomic E-state index is 5.52. The lowest BCUT2D eigenvalue weighted by molar-refractivity contribution is 0.105. The topological polar surface area (TPSA) is 33.3 Å². The Kier molecular flexibility index (Phi) is 5.03. The molecule has 15 heavy (non-hydrogen) atoms. The van der Waals surface area contributed by atoms with Crippen LogP contribution in [0.1, 0.15) is 34.1 Å². The van der Waals surface area contributed by atoms with Crippen molar-refractivity contribution < 1.29 is 4.74 Å². The number of rotatable bonds is 5. The molecule has 3 nitrogen and oxygen atoms in total. The number of hydrogen-bond donors (Lipinski definition) is 2.